The Morgan fingerprint density at radius 1 is 1.00 bits per heavy atom. The summed E-state index contributed by atoms with van der Waals surface area (Å²) in [7, 11) is 1.63. The smallest absolute Gasteiger partial charge is 0.278 e. The Bertz CT molecular complexity index is 870. The number of nitrogens with zero attached hydrogens (tertiary/aromatic N) is 6. The molecule has 1 fully saturated rings. The van der Waals surface area contributed by atoms with Gasteiger partial charge in [-0.15, -0.1) is 10.2 Å². The summed E-state index contributed by atoms with van der Waals surface area (Å²) in [4.78, 5) is 9.11. The van der Waals surface area contributed by atoms with Crippen molar-refractivity contribution >= 4 is 5.82 Å². The van der Waals surface area contributed by atoms with Crippen LogP contribution >= 0.6 is 0 Å². The van der Waals surface area contributed by atoms with Crippen LogP contribution in [0.3, 0.4) is 0 Å². The zero-order chi connectivity index (χ0) is 18.6. The first-order valence-electron chi connectivity index (χ1n) is 9.06. The maximum Gasteiger partial charge on any atom is 0.278 e. The molecule has 1 aliphatic rings. The molecule has 0 atom stereocenters. The lowest BCUT2D eigenvalue weighted by molar-refractivity contribution is 0.270. The zero-order valence-corrected chi connectivity index (χ0v) is 15.5. The number of piperazine rings is 1. The molecule has 2 aromatic heterocycles. The first-order valence-corrected chi connectivity index (χ1v) is 9.06. The highest BCUT2D eigenvalue weighted by molar-refractivity contribution is 5.59. The van der Waals surface area contributed by atoms with Crippen molar-refractivity contribution in [2.45, 2.75) is 6.92 Å². The third kappa shape index (κ3) is 3.75. The van der Waals surface area contributed by atoms with Gasteiger partial charge in [0.05, 0.1) is 7.11 Å². The summed E-state index contributed by atoms with van der Waals surface area (Å²) in [6, 6.07) is 11.3. The topological polar surface area (TPSA) is 80.4 Å². The highest BCUT2D eigenvalue weighted by Crippen LogP contribution is 2.23. The van der Waals surface area contributed by atoms with E-state index in [2.05, 4.69) is 37.1 Å². The van der Waals surface area contributed by atoms with Crippen LogP contribution in [0.4, 0.5) is 5.82 Å². The number of rotatable bonds is 5. The van der Waals surface area contributed by atoms with E-state index in [4.69, 9.17) is 9.26 Å². The van der Waals surface area contributed by atoms with Gasteiger partial charge in [0.2, 0.25) is 5.82 Å². The van der Waals surface area contributed by atoms with Gasteiger partial charge < -0.3 is 19.1 Å². The number of likely N-dealkylation sites (N-methyl/N-ethyl adjacent to an activating group) is 1. The average molecular weight is 366 g/mol. The molecule has 1 saturated heterocycles. The van der Waals surface area contributed by atoms with Crippen molar-refractivity contribution in [2.24, 2.45) is 0 Å². The van der Waals surface area contributed by atoms with Gasteiger partial charge >= 0.3 is 0 Å². The van der Waals surface area contributed by atoms with Crippen LogP contribution < -0.4 is 9.64 Å². The molecule has 0 unspecified atom stereocenters. The van der Waals surface area contributed by atoms with E-state index in [1.807, 2.05) is 36.4 Å². The minimum atomic E-state index is 0.357. The molecule has 1 aromatic carbocycles. The predicted octanol–water partition coefficient (Wildman–Crippen LogP) is 2.34. The van der Waals surface area contributed by atoms with Crippen LogP contribution in [0.5, 0.6) is 5.75 Å². The van der Waals surface area contributed by atoms with Crippen LogP contribution in [0.2, 0.25) is 0 Å². The van der Waals surface area contributed by atoms with Crippen molar-refractivity contribution in [1.82, 2.24) is 25.2 Å². The van der Waals surface area contributed by atoms with Crippen molar-refractivity contribution in [3.05, 3.63) is 36.4 Å². The Labute approximate surface area is 157 Å². The van der Waals surface area contributed by atoms with Crippen molar-refractivity contribution in [2.75, 3.05) is 44.7 Å². The van der Waals surface area contributed by atoms with E-state index in [1.165, 1.54) is 0 Å². The van der Waals surface area contributed by atoms with Gasteiger partial charge in [-0.1, -0.05) is 12.1 Å². The molecule has 8 heteroatoms. The molecule has 8 nitrogen and oxygen atoms in total. The molecule has 27 heavy (non-hydrogen) atoms. The Hall–Kier alpha value is -3.00. The minimum absolute atomic E-state index is 0.357. The summed E-state index contributed by atoms with van der Waals surface area (Å²) >= 11 is 0. The average Bonchev–Trinajstić information content (AvgIpc) is 3.24. The second-order valence-corrected chi connectivity index (χ2v) is 6.35. The molecule has 0 N–H and O–H groups in total. The highest BCUT2D eigenvalue weighted by atomic mass is 16.5. The Kier molecular flexibility index (Phi) is 4.97. The van der Waals surface area contributed by atoms with E-state index in [1.54, 1.807) is 7.11 Å². The fourth-order valence-corrected chi connectivity index (χ4v) is 3.09. The minimum Gasteiger partial charge on any atom is -0.497 e. The third-order valence-electron chi connectivity index (χ3n) is 4.79. The first-order chi connectivity index (χ1) is 13.3. The molecule has 0 saturated carbocycles. The van der Waals surface area contributed by atoms with E-state index in [0.29, 0.717) is 17.4 Å². The number of hydrogen-bond donors (Lipinski definition) is 0. The largest absolute Gasteiger partial charge is 0.497 e. The number of hydrogen-bond acceptors (Lipinski definition) is 8. The van der Waals surface area contributed by atoms with Gasteiger partial charge in [0, 0.05) is 31.7 Å². The molecule has 0 radical (unpaired) electrons. The quantitative estimate of drug-likeness (QED) is 0.681. The van der Waals surface area contributed by atoms with Gasteiger partial charge in [-0.25, -0.2) is 0 Å². The predicted molar refractivity (Wildman–Crippen MR) is 102 cm³/mol. The summed E-state index contributed by atoms with van der Waals surface area (Å²) in [6.07, 6.45) is 0. The second-order valence-electron chi connectivity index (χ2n) is 6.35. The SMILES string of the molecule is CCN1CCN(c2ccc(-c3nc(-c4ccc(OC)cc4)no3)nn2)CC1. The third-order valence-corrected chi connectivity index (χ3v) is 4.79. The van der Waals surface area contributed by atoms with Gasteiger partial charge in [0.15, 0.2) is 11.5 Å². The summed E-state index contributed by atoms with van der Waals surface area (Å²) in [5, 5.41) is 12.7. The molecular formula is C19H22N6O2. The van der Waals surface area contributed by atoms with Crippen molar-refractivity contribution in [1.29, 1.82) is 0 Å². The lowest BCUT2D eigenvalue weighted by atomic mass is 10.2. The Morgan fingerprint density at radius 2 is 1.78 bits per heavy atom. The van der Waals surface area contributed by atoms with E-state index >= 15 is 0 Å². The van der Waals surface area contributed by atoms with Gasteiger partial charge in [0.1, 0.15) is 5.75 Å². The van der Waals surface area contributed by atoms with E-state index < -0.39 is 0 Å². The molecule has 0 bridgehead atoms. The summed E-state index contributed by atoms with van der Waals surface area (Å²) in [6.45, 7) is 7.30. The maximum atomic E-state index is 5.36. The lowest BCUT2D eigenvalue weighted by Crippen LogP contribution is -2.46. The molecule has 3 heterocycles. The summed E-state index contributed by atoms with van der Waals surface area (Å²) in [5.74, 6) is 2.53. The fraction of sp³-hybridized carbons (Fsp3) is 0.368. The Balaban J connectivity index is 1.47. The second kappa shape index (κ2) is 7.71. The zero-order valence-electron chi connectivity index (χ0n) is 15.5. The normalized spacial score (nSPS) is 15.1. The summed E-state index contributed by atoms with van der Waals surface area (Å²) < 4.78 is 10.5. The van der Waals surface area contributed by atoms with Crippen LogP contribution in [0, 0.1) is 0 Å². The molecule has 3 aromatic rings. The number of ether oxygens (including phenoxy) is 1. The van der Waals surface area contributed by atoms with E-state index in [-0.39, 0.29) is 0 Å². The van der Waals surface area contributed by atoms with Crippen molar-refractivity contribution in [3.8, 4) is 28.7 Å². The summed E-state index contributed by atoms with van der Waals surface area (Å²) in [5.41, 5.74) is 1.42. The number of aromatic nitrogens is 4. The maximum absolute atomic E-state index is 5.36. The first kappa shape index (κ1) is 17.4. The van der Waals surface area contributed by atoms with E-state index in [0.717, 1.165) is 49.9 Å². The molecular weight excluding hydrogens is 344 g/mol. The van der Waals surface area contributed by atoms with Gasteiger partial charge in [-0.3, -0.25) is 0 Å². The Morgan fingerprint density at radius 3 is 2.41 bits per heavy atom. The molecule has 0 spiro atoms. The molecule has 4 rings (SSSR count). The highest BCUT2D eigenvalue weighted by Gasteiger charge is 2.18. The lowest BCUT2D eigenvalue weighted by Gasteiger charge is -2.34. The van der Waals surface area contributed by atoms with Crippen LogP contribution in [-0.2, 0) is 0 Å². The fourth-order valence-electron chi connectivity index (χ4n) is 3.09. The molecule has 0 aliphatic carbocycles. The van der Waals surface area contributed by atoms with Gasteiger partial charge in [0.25, 0.3) is 5.89 Å². The van der Waals surface area contributed by atoms with Gasteiger partial charge in [-0.05, 0) is 42.9 Å². The van der Waals surface area contributed by atoms with Crippen LogP contribution in [0.25, 0.3) is 23.0 Å². The van der Waals surface area contributed by atoms with Crippen LogP contribution in [0.15, 0.2) is 40.9 Å². The van der Waals surface area contributed by atoms with E-state index in [9.17, 15) is 0 Å². The monoisotopic (exact) mass is 366 g/mol. The number of anilines is 1. The molecule has 140 valence electrons. The van der Waals surface area contributed by atoms with Gasteiger partial charge in [-0.2, -0.15) is 4.98 Å². The van der Waals surface area contributed by atoms with Crippen LogP contribution in [0.1, 0.15) is 6.92 Å². The molecule has 1 aliphatic heterocycles. The van der Waals surface area contributed by atoms with Crippen LogP contribution in [-0.4, -0.2) is 65.1 Å². The number of methoxy groups -OCH3 is 1. The standard InChI is InChI=1S/C19H22N6O2/c1-3-24-10-12-25(13-11-24)17-9-8-16(21-22-17)19-20-18(23-27-19)14-4-6-15(26-2)7-5-14/h4-9H,3,10-13H2,1-2H3. The van der Waals surface area contributed by atoms with Crippen molar-refractivity contribution < 1.29 is 9.26 Å². The van der Waals surface area contributed by atoms with Crippen molar-refractivity contribution in [3.63, 3.8) is 0 Å². The molecule has 0 amide bonds. The number of benzene rings is 1.